The zero-order valence-electron chi connectivity index (χ0n) is 7.82. The minimum absolute atomic E-state index is 0.323. The quantitative estimate of drug-likeness (QED) is 0.851. The first-order valence-corrected chi connectivity index (χ1v) is 5.16. The van der Waals surface area contributed by atoms with Gasteiger partial charge in [0.15, 0.2) is 0 Å². The maximum absolute atomic E-state index is 13.0. The van der Waals surface area contributed by atoms with Gasteiger partial charge < -0.3 is 5.73 Å². The third kappa shape index (κ3) is 2.56. The monoisotopic (exact) mass is 269 g/mol. The second kappa shape index (κ2) is 4.02. The van der Waals surface area contributed by atoms with E-state index in [-0.39, 0.29) is 5.82 Å². The molecule has 15 heavy (non-hydrogen) atoms. The van der Waals surface area contributed by atoms with Crippen LogP contribution in [0.2, 0.25) is 0 Å². The van der Waals surface area contributed by atoms with Crippen LogP contribution >= 0.6 is 15.9 Å². The highest BCUT2D eigenvalue weighted by molar-refractivity contribution is 9.10. The van der Waals surface area contributed by atoms with Crippen LogP contribution in [0.5, 0.6) is 0 Å². The van der Waals surface area contributed by atoms with Crippen molar-refractivity contribution in [2.45, 2.75) is 6.54 Å². The Morgan fingerprint density at radius 3 is 2.80 bits per heavy atom. The Hall–Kier alpha value is -1.36. The molecule has 5 heteroatoms. The molecular formula is C10H9BrFN3. The van der Waals surface area contributed by atoms with Crippen molar-refractivity contribution < 1.29 is 4.39 Å². The first-order valence-electron chi connectivity index (χ1n) is 4.36. The standard InChI is InChI=1S/C10H9BrFN3/c11-8-4-14-15(6-8)5-7-1-9(12)3-10(13)2-7/h1-4,6H,5,13H2. The highest BCUT2D eigenvalue weighted by Gasteiger charge is 2.01. The van der Waals surface area contributed by atoms with Gasteiger partial charge in [0.05, 0.1) is 17.2 Å². The number of aromatic nitrogens is 2. The van der Waals surface area contributed by atoms with Crippen molar-refractivity contribution in [1.29, 1.82) is 0 Å². The summed E-state index contributed by atoms with van der Waals surface area (Å²) in [6.45, 7) is 0.507. The average Bonchev–Trinajstić information content (AvgIpc) is 2.49. The van der Waals surface area contributed by atoms with Crippen LogP contribution in [0.4, 0.5) is 10.1 Å². The lowest BCUT2D eigenvalue weighted by molar-refractivity contribution is 0.620. The molecule has 0 saturated heterocycles. The summed E-state index contributed by atoms with van der Waals surface area (Å²) in [5.41, 5.74) is 6.76. The number of halogens is 2. The summed E-state index contributed by atoms with van der Waals surface area (Å²) in [4.78, 5) is 0. The summed E-state index contributed by atoms with van der Waals surface area (Å²) in [7, 11) is 0. The van der Waals surface area contributed by atoms with Crippen LogP contribution in [0.25, 0.3) is 0 Å². The molecule has 1 aromatic carbocycles. The lowest BCUT2D eigenvalue weighted by Gasteiger charge is -2.03. The fourth-order valence-electron chi connectivity index (χ4n) is 1.38. The summed E-state index contributed by atoms with van der Waals surface area (Å²) < 4.78 is 15.6. The van der Waals surface area contributed by atoms with Crippen molar-refractivity contribution >= 4 is 21.6 Å². The van der Waals surface area contributed by atoms with Crippen LogP contribution in [-0.2, 0) is 6.54 Å². The Morgan fingerprint density at radius 2 is 2.20 bits per heavy atom. The molecule has 0 amide bonds. The van der Waals surface area contributed by atoms with Gasteiger partial charge in [-0.2, -0.15) is 5.10 Å². The van der Waals surface area contributed by atoms with Crippen molar-refractivity contribution in [1.82, 2.24) is 9.78 Å². The zero-order chi connectivity index (χ0) is 10.8. The fourth-order valence-corrected chi connectivity index (χ4v) is 1.71. The van der Waals surface area contributed by atoms with E-state index in [1.54, 1.807) is 16.9 Å². The number of hydrogen-bond acceptors (Lipinski definition) is 2. The molecule has 0 fully saturated rings. The summed E-state index contributed by atoms with van der Waals surface area (Å²) in [5.74, 6) is -0.323. The van der Waals surface area contributed by atoms with Gasteiger partial charge in [0, 0.05) is 11.9 Å². The highest BCUT2D eigenvalue weighted by atomic mass is 79.9. The second-order valence-corrected chi connectivity index (χ2v) is 4.16. The van der Waals surface area contributed by atoms with Gasteiger partial charge in [-0.05, 0) is 39.7 Å². The van der Waals surface area contributed by atoms with Crippen molar-refractivity contribution in [3.63, 3.8) is 0 Å². The summed E-state index contributed by atoms with van der Waals surface area (Å²) >= 11 is 3.29. The van der Waals surface area contributed by atoms with Gasteiger partial charge in [0.1, 0.15) is 5.82 Å². The highest BCUT2D eigenvalue weighted by Crippen LogP contribution is 2.13. The molecule has 0 aliphatic carbocycles. The number of benzene rings is 1. The Bertz CT molecular complexity index is 461. The minimum atomic E-state index is -0.323. The third-order valence-corrected chi connectivity index (χ3v) is 2.34. The van der Waals surface area contributed by atoms with E-state index in [2.05, 4.69) is 21.0 Å². The summed E-state index contributed by atoms with van der Waals surface area (Å²) in [6.07, 6.45) is 3.50. The third-order valence-electron chi connectivity index (χ3n) is 1.93. The predicted molar refractivity (Wildman–Crippen MR) is 59.8 cm³/mol. The molecule has 3 nitrogen and oxygen atoms in total. The molecule has 1 aromatic heterocycles. The van der Waals surface area contributed by atoms with E-state index in [4.69, 9.17) is 5.73 Å². The SMILES string of the molecule is Nc1cc(F)cc(Cn2cc(Br)cn2)c1. The lowest BCUT2D eigenvalue weighted by Crippen LogP contribution is -2.01. The molecule has 2 N–H and O–H groups in total. The van der Waals surface area contributed by atoms with Gasteiger partial charge in [-0.25, -0.2) is 4.39 Å². The van der Waals surface area contributed by atoms with E-state index in [1.165, 1.54) is 12.1 Å². The smallest absolute Gasteiger partial charge is 0.125 e. The number of anilines is 1. The average molecular weight is 270 g/mol. The molecule has 0 spiro atoms. The van der Waals surface area contributed by atoms with Gasteiger partial charge in [0.25, 0.3) is 0 Å². The van der Waals surface area contributed by atoms with Gasteiger partial charge in [-0.3, -0.25) is 4.68 Å². The van der Waals surface area contributed by atoms with Crippen LogP contribution < -0.4 is 5.73 Å². The lowest BCUT2D eigenvalue weighted by atomic mass is 10.2. The molecular weight excluding hydrogens is 261 g/mol. The van der Waals surface area contributed by atoms with Crippen molar-refractivity contribution in [3.8, 4) is 0 Å². The molecule has 0 atom stereocenters. The molecule has 2 aromatic rings. The van der Waals surface area contributed by atoms with Gasteiger partial charge in [-0.15, -0.1) is 0 Å². The maximum atomic E-state index is 13.0. The Morgan fingerprint density at radius 1 is 1.40 bits per heavy atom. The van der Waals surface area contributed by atoms with Crippen LogP contribution in [0, 0.1) is 5.82 Å². The largest absolute Gasteiger partial charge is 0.399 e. The minimum Gasteiger partial charge on any atom is -0.399 e. The van der Waals surface area contributed by atoms with E-state index in [0.717, 1.165) is 10.0 Å². The number of nitrogens with two attached hydrogens (primary N) is 1. The van der Waals surface area contributed by atoms with Crippen LogP contribution in [0.15, 0.2) is 35.1 Å². The number of rotatable bonds is 2. The molecule has 0 saturated carbocycles. The van der Waals surface area contributed by atoms with E-state index >= 15 is 0 Å². The van der Waals surface area contributed by atoms with Gasteiger partial charge >= 0.3 is 0 Å². The normalized spacial score (nSPS) is 10.5. The predicted octanol–water partition coefficient (Wildman–Crippen LogP) is 2.42. The van der Waals surface area contributed by atoms with Gasteiger partial charge in [0.2, 0.25) is 0 Å². The molecule has 0 bridgehead atoms. The summed E-state index contributed by atoms with van der Waals surface area (Å²) in [5, 5.41) is 4.08. The van der Waals surface area contributed by atoms with E-state index < -0.39 is 0 Å². The maximum Gasteiger partial charge on any atom is 0.125 e. The number of hydrogen-bond donors (Lipinski definition) is 1. The molecule has 2 rings (SSSR count). The van der Waals surface area contributed by atoms with E-state index in [1.807, 2.05) is 6.20 Å². The molecule has 0 aliphatic heterocycles. The second-order valence-electron chi connectivity index (χ2n) is 3.25. The van der Waals surface area contributed by atoms with Crippen LogP contribution in [0.3, 0.4) is 0 Å². The van der Waals surface area contributed by atoms with Crippen LogP contribution in [-0.4, -0.2) is 9.78 Å². The fraction of sp³-hybridized carbons (Fsp3) is 0.100. The van der Waals surface area contributed by atoms with Crippen molar-refractivity contribution in [2.24, 2.45) is 0 Å². The Labute approximate surface area is 94.8 Å². The molecule has 0 radical (unpaired) electrons. The number of nitrogens with zero attached hydrogens (tertiary/aromatic N) is 2. The topological polar surface area (TPSA) is 43.8 Å². The Kier molecular flexibility index (Phi) is 2.73. The zero-order valence-corrected chi connectivity index (χ0v) is 9.41. The first kappa shape index (κ1) is 10.2. The summed E-state index contributed by atoms with van der Waals surface area (Å²) in [6, 6.07) is 4.48. The molecule has 0 unspecified atom stereocenters. The van der Waals surface area contributed by atoms with Gasteiger partial charge in [-0.1, -0.05) is 0 Å². The van der Waals surface area contributed by atoms with E-state index in [0.29, 0.717) is 12.2 Å². The molecule has 0 aliphatic rings. The van der Waals surface area contributed by atoms with E-state index in [9.17, 15) is 4.39 Å². The van der Waals surface area contributed by atoms with Crippen molar-refractivity contribution in [2.75, 3.05) is 5.73 Å². The number of nitrogen functional groups attached to an aromatic ring is 1. The molecule has 78 valence electrons. The van der Waals surface area contributed by atoms with Crippen LogP contribution in [0.1, 0.15) is 5.56 Å². The Balaban J connectivity index is 2.24. The van der Waals surface area contributed by atoms with Crippen molar-refractivity contribution in [3.05, 3.63) is 46.4 Å². The first-order chi connectivity index (χ1) is 7.13. The molecule has 1 heterocycles.